The van der Waals surface area contributed by atoms with Crippen LogP contribution in [-0.4, -0.2) is 41.3 Å². The second kappa shape index (κ2) is 12.5. The van der Waals surface area contributed by atoms with Gasteiger partial charge >= 0.3 is 0 Å². The molecular formula is C20H30O6S. The predicted molar refractivity (Wildman–Crippen MR) is 107 cm³/mol. The Morgan fingerprint density at radius 2 is 1.59 bits per heavy atom. The summed E-state index contributed by atoms with van der Waals surface area (Å²) in [5.74, 6) is 1.39. The number of hydrogen-bond donors (Lipinski definition) is 0. The van der Waals surface area contributed by atoms with Gasteiger partial charge in [-0.15, -0.1) is 0 Å². The van der Waals surface area contributed by atoms with Gasteiger partial charge < -0.3 is 9.47 Å². The summed E-state index contributed by atoms with van der Waals surface area (Å²) < 4.78 is 36.7. The highest BCUT2D eigenvalue weighted by molar-refractivity contribution is 7.85. The highest BCUT2D eigenvalue weighted by atomic mass is 32.2. The molecule has 0 aliphatic heterocycles. The molecular weight excluding hydrogens is 368 g/mol. The van der Waals surface area contributed by atoms with Crippen LogP contribution in [0.5, 0.6) is 11.5 Å². The first-order valence-electron chi connectivity index (χ1n) is 9.13. The molecule has 0 saturated carbocycles. The Labute approximate surface area is 162 Å². The van der Waals surface area contributed by atoms with Crippen molar-refractivity contribution in [1.82, 2.24) is 0 Å². The lowest BCUT2D eigenvalue weighted by atomic mass is 10.1. The Morgan fingerprint density at radius 3 is 2.22 bits per heavy atom. The molecule has 0 aliphatic carbocycles. The van der Waals surface area contributed by atoms with E-state index in [0.29, 0.717) is 17.9 Å². The fourth-order valence-electron chi connectivity index (χ4n) is 2.55. The molecule has 152 valence electrons. The van der Waals surface area contributed by atoms with Gasteiger partial charge in [-0.3, -0.25) is 8.98 Å². The fourth-order valence-corrected chi connectivity index (χ4v) is 2.97. The molecule has 0 amide bonds. The lowest BCUT2D eigenvalue weighted by molar-refractivity contribution is -0.114. The maximum absolute atomic E-state index is 11.9. The molecule has 0 radical (unpaired) electrons. The van der Waals surface area contributed by atoms with Crippen molar-refractivity contribution in [2.24, 2.45) is 0 Å². The number of allylic oxidation sites excluding steroid dienone is 1. The third-order valence-corrected chi connectivity index (χ3v) is 4.58. The van der Waals surface area contributed by atoms with Gasteiger partial charge in [-0.1, -0.05) is 37.8 Å². The maximum atomic E-state index is 11.9. The van der Waals surface area contributed by atoms with E-state index in [4.69, 9.17) is 9.47 Å². The predicted octanol–water partition coefficient (Wildman–Crippen LogP) is 3.99. The highest BCUT2D eigenvalue weighted by Gasteiger charge is 2.04. The Hall–Kier alpha value is -1.86. The van der Waals surface area contributed by atoms with Crippen LogP contribution in [0, 0.1) is 0 Å². The molecule has 1 aromatic carbocycles. The van der Waals surface area contributed by atoms with Crippen molar-refractivity contribution in [1.29, 1.82) is 0 Å². The number of unbranched alkanes of at least 4 members (excludes halogenated alkanes) is 5. The van der Waals surface area contributed by atoms with Crippen LogP contribution in [0.25, 0.3) is 6.08 Å². The van der Waals surface area contributed by atoms with E-state index in [1.807, 2.05) is 18.2 Å². The molecule has 0 fully saturated rings. The fraction of sp³-hybridized carbons (Fsp3) is 0.550. The molecule has 0 heterocycles. The first kappa shape index (κ1) is 23.2. The summed E-state index contributed by atoms with van der Waals surface area (Å²) in [6, 6.07) is 5.51. The van der Waals surface area contributed by atoms with Crippen molar-refractivity contribution in [2.75, 3.05) is 27.1 Å². The quantitative estimate of drug-likeness (QED) is 0.268. The van der Waals surface area contributed by atoms with Crippen LogP contribution < -0.4 is 9.47 Å². The Kier molecular flexibility index (Phi) is 10.7. The van der Waals surface area contributed by atoms with Crippen molar-refractivity contribution < 1.29 is 26.9 Å². The molecule has 0 aromatic heterocycles. The number of benzene rings is 1. The summed E-state index contributed by atoms with van der Waals surface area (Å²) in [6.07, 6.45) is 10.5. The van der Waals surface area contributed by atoms with Gasteiger partial charge in [0.1, 0.15) is 0 Å². The van der Waals surface area contributed by atoms with Gasteiger partial charge in [0.05, 0.1) is 27.1 Å². The molecule has 7 heteroatoms. The molecule has 0 aliphatic rings. The molecule has 27 heavy (non-hydrogen) atoms. The minimum atomic E-state index is -3.33. The van der Waals surface area contributed by atoms with Gasteiger partial charge in [0.25, 0.3) is 10.1 Å². The van der Waals surface area contributed by atoms with E-state index in [1.54, 1.807) is 26.4 Å². The standard InChI is InChI=1S/C20H30O6S/c1-24-19-14-12-17(16-20(19)25-2)11-13-18(21)10-8-6-4-5-7-9-15-26-27(3,22)23/h11-14,16H,4-10,15H2,1-3H3/b13-11+. The van der Waals surface area contributed by atoms with Gasteiger partial charge in [0.15, 0.2) is 17.3 Å². The van der Waals surface area contributed by atoms with Gasteiger partial charge in [-0.25, -0.2) is 0 Å². The van der Waals surface area contributed by atoms with Gasteiger partial charge in [-0.2, -0.15) is 8.42 Å². The van der Waals surface area contributed by atoms with E-state index in [0.717, 1.165) is 50.3 Å². The highest BCUT2D eigenvalue weighted by Crippen LogP contribution is 2.28. The van der Waals surface area contributed by atoms with Crippen molar-refractivity contribution in [3.63, 3.8) is 0 Å². The van der Waals surface area contributed by atoms with Crippen LogP contribution in [0.15, 0.2) is 24.3 Å². The summed E-state index contributed by atoms with van der Waals surface area (Å²) in [5.41, 5.74) is 0.886. The summed E-state index contributed by atoms with van der Waals surface area (Å²) >= 11 is 0. The van der Waals surface area contributed by atoms with Crippen LogP contribution >= 0.6 is 0 Å². The van der Waals surface area contributed by atoms with Gasteiger partial charge in [0, 0.05) is 6.42 Å². The molecule has 0 unspecified atom stereocenters. The average Bonchev–Trinajstić information content (AvgIpc) is 2.63. The van der Waals surface area contributed by atoms with Crippen LogP contribution in [0.1, 0.15) is 50.5 Å². The molecule has 1 rings (SSSR count). The number of rotatable bonds is 14. The van der Waals surface area contributed by atoms with E-state index in [9.17, 15) is 13.2 Å². The first-order chi connectivity index (χ1) is 12.9. The van der Waals surface area contributed by atoms with Crippen molar-refractivity contribution in [3.8, 4) is 11.5 Å². The van der Waals surface area contributed by atoms with E-state index in [2.05, 4.69) is 4.18 Å². The first-order valence-corrected chi connectivity index (χ1v) is 10.9. The van der Waals surface area contributed by atoms with E-state index < -0.39 is 10.1 Å². The van der Waals surface area contributed by atoms with E-state index in [1.165, 1.54) is 0 Å². The number of carbonyl (C=O) groups is 1. The van der Waals surface area contributed by atoms with Crippen molar-refractivity contribution >= 4 is 22.0 Å². The molecule has 0 spiro atoms. The average molecular weight is 399 g/mol. The smallest absolute Gasteiger partial charge is 0.264 e. The minimum Gasteiger partial charge on any atom is -0.493 e. The van der Waals surface area contributed by atoms with Crippen LogP contribution in [0.3, 0.4) is 0 Å². The normalized spacial score (nSPS) is 11.7. The maximum Gasteiger partial charge on any atom is 0.264 e. The number of ether oxygens (including phenoxy) is 2. The monoisotopic (exact) mass is 398 g/mol. The van der Waals surface area contributed by atoms with Crippen molar-refractivity contribution in [3.05, 3.63) is 29.8 Å². The molecule has 0 atom stereocenters. The summed E-state index contributed by atoms with van der Waals surface area (Å²) in [4.78, 5) is 11.9. The molecule has 6 nitrogen and oxygen atoms in total. The molecule has 1 aromatic rings. The summed E-state index contributed by atoms with van der Waals surface area (Å²) in [5, 5.41) is 0. The number of methoxy groups -OCH3 is 2. The SMILES string of the molecule is COc1ccc(/C=C/C(=O)CCCCCCCCOS(C)(=O)=O)cc1OC. The van der Waals surface area contributed by atoms with Gasteiger partial charge in [-0.05, 0) is 36.6 Å². The van der Waals surface area contributed by atoms with Crippen LogP contribution in [0.2, 0.25) is 0 Å². The Bertz CT molecular complexity index is 709. The zero-order valence-corrected chi connectivity index (χ0v) is 17.2. The third-order valence-electron chi connectivity index (χ3n) is 3.98. The lowest BCUT2D eigenvalue weighted by Gasteiger charge is -2.07. The van der Waals surface area contributed by atoms with E-state index >= 15 is 0 Å². The van der Waals surface area contributed by atoms with E-state index in [-0.39, 0.29) is 12.4 Å². The van der Waals surface area contributed by atoms with Crippen LogP contribution in [-0.2, 0) is 19.1 Å². The third kappa shape index (κ3) is 10.8. The van der Waals surface area contributed by atoms with Crippen molar-refractivity contribution in [2.45, 2.75) is 44.9 Å². The minimum absolute atomic E-state index is 0.103. The zero-order valence-electron chi connectivity index (χ0n) is 16.4. The Balaban J connectivity index is 2.18. The Morgan fingerprint density at radius 1 is 0.963 bits per heavy atom. The summed E-state index contributed by atoms with van der Waals surface area (Å²) in [6.45, 7) is 0.248. The largest absolute Gasteiger partial charge is 0.493 e. The molecule has 0 bridgehead atoms. The second-order valence-corrected chi connectivity index (χ2v) is 7.96. The number of hydrogen-bond acceptors (Lipinski definition) is 6. The second-order valence-electron chi connectivity index (χ2n) is 6.31. The summed E-state index contributed by atoms with van der Waals surface area (Å²) in [7, 11) is -0.163. The topological polar surface area (TPSA) is 78.9 Å². The number of carbonyl (C=O) groups excluding carboxylic acids is 1. The number of ketones is 1. The van der Waals surface area contributed by atoms with Gasteiger partial charge in [0.2, 0.25) is 0 Å². The lowest BCUT2D eigenvalue weighted by Crippen LogP contribution is -2.03. The van der Waals surface area contributed by atoms with Crippen LogP contribution in [0.4, 0.5) is 0 Å². The molecule has 0 saturated heterocycles. The zero-order chi connectivity index (χ0) is 20.1. The molecule has 0 N–H and O–H groups in total.